The van der Waals surface area contributed by atoms with Crippen molar-refractivity contribution in [2.45, 2.75) is 58.8 Å². The van der Waals surface area contributed by atoms with Crippen molar-refractivity contribution in [2.24, 2.45) is 28.1 Å². The first-order valence-electron chi connectivity index (χ1n) is 8.71. The number of hydrogen-bond acceptors (Lipinski definition) is 2. The van der Waals surface area contributed by atoms with Crippen molar-refractivity contribution < 1.29 is 9.90 Å². The molecule has 2 atom stereocenters. The van der Waals surface area contributed by atoms with Gasteiger partial charge in [-0.05, 0) is 60.7 Å². The predicted molar refractivity (Wildman–Crippen MR) is 81.6 cm³/mol. The van der Waals surface area contributed by atoms with Gasteiger partial charge in [0.1, 0.15) is 0 Å². The van der Waals surface area contributed by atoms with Gasteiger partial charge in [0.15, 0.2) is 0 Å². The molecule has 4 saturated carbocycles. The smallest absolute Gasteiger partial charge is 0.223 e. The highest BCUT2D eigenvalue weighted by atomic mass is 16.3. The first-order valence-corrected chi connectivity index (χ1v) is 8.71. The Hall–Kier alpha value is -0.570. The summed E-state index contributed by atoms with van der Waals surface area (Å²) < 4.78 is 0. The molecule has 1 aliphatic heterocycles. The lowest BCUT2D eigenvalue weighted by Crippen LogP contribution is -2.58. The number of rotatable bonds is 3. The van der Waals surface area contributed by atoms with Crippen LogP contribution in [0.25, 0.3) is 0 Å². The van der Waals surface area contributed by atoms with Gasteiger partial charge in [-0.3, -0.25) is 4.79 Å². The van der Waals surface area contributed by atoms with Crippen molar-refractivity contribution in [3.8, 4) is 0 Å². The minimum Gasteiger partial charge on any atom is -0.396 e. The van der Waals surface area contributed by atoms with E-state index in [0.29, 0.717) is 28.1 Å². The van der Waals surface area contributed by atoms with Gasteiger partial charge in [0, 0.05) is 32.0 Å². The Morgan fingerprint density at radius 3 is 2.24 bits per heavy atom. The number of aliphatic hydroxyl groups excluding tert-OH is 1. The van der Waals surface area contributed by atoms with E-state index in [2.05, 4.69) is 13.8 Å². The third kappa shape index (κ3) is 2.23. The van der Waals surface area contributed by atoms with Gasteiger partial charge in [-0.2, -0.15) is 0 Å². The topological polar surface area (TPSA) is 40.5 Å². The number of carbonyl (C=O) groups excluding carboxylic acids is 1. The Kier molecular flexibility index (Phi) is 2.84. The van der Waals surface area contributed by atoms with Crippen LogP contribution in [-0.4, -0.2) is 35.6 Å². The molecule has 1 saturated heterocycles. The number of aliphatic hydroxyl groups is 1. The molecule has 118 valence electrons. The molecule has 4 aliphatic carbocycles. The third-order valence-corrected chi connectivity index (χ3v) is 6.84. The lowest BCUT2D eigenvalue weighted by atomic mass is 9.40. The molecule has 21 heavy (non-hydrogen) atoms. The monoisotopic (exact) mass is 291 g/mol. The molecule has 0 spiro atoms. The van der Waals surface area contributed by atoms with Crippen molar-refractivity contribution in [1.82, 2.24) is 4.90 Å². The Labute approximate surface area is 128 Å². The zero-order valence-electron chi connectivity index (χ0n) is 13.5. The molecule has 3 nitrogen and oxygen atoms in total. The number of amides is 1. The third-order valence-electron chi connectivity index (χ3n) is 6.84. The lowest BCUT2D eigenvalue weighted by molar-refractivity contribution is -0.164. The minimum absolute atomic E-state index is 0.229. The summed E-state index contributed by atoms with van der Waals surface area (Å²) >= 11 is 0. The molecule has 1 heterocycles. The van der Waals surface area contributed by atoms with Crippen molar-refractivity contribution in [3.63, 3.8) is 0 Å². The van der Waals surface area contributed by atoms with E-state index in [1.165, 1.54) is 38.5 Å². The maximum Gasteiger partial charge on any atom is 0.223 e. The summed E-state index contributed by atoms with van der Waals surface area (Å²) in [6.07, 6.45) is 8.78. The SMILES string of the molecule is CC12CC3CC(C)(C1)CC(CC(=O)N1CC(CO)C1)(C3)C2. The minimum atomic E-state index is 0.229. The standard InChI is InChI=1S/C18H29NO2/c1-16-3-13-4-17(2,10-16)12-18(5-13,11-16)6-15(21)19-7-14(8-19)9-20/h13-14,20H,3-12H2,1-2H3. The van der Waals surface area contributed by atoms with Gasteiger partial charge in [-0.1, -0.05) is 13.8 Å². The number of likely N-dealkylation sites (tertiary alicyclic amines) is 1. The predicted octanol–water partition coefficient (Wildman–Crippen LogP) is 2.82. The summed E-state index contributed by atoms with van der Waals surface area (Å²) in [6, 6.07) is 0. The maximum atomic E-state index is 12.6. The largest absolute Gasteiger partial charge is 0.396 e. The summed E-state index contributed by atoms with van der Waals surface area (Å²) in [5, 5.41) is 9.12. The van der Waals surface area contributed by atoms with E-state index >= 15 is 0 Å². The van der Waals surface area contributed by atoms with Crippen LogP contribution in [0.5, 0.6) is 0 Å². The normalized spacial score (nSPS) is 48.5. The Morgan fingerprint density at radius 2 is 1.71 bits per heavy atom. The van der Waals surface area contributed by atoms with E-state index in [9.17, 15) is 4.79 Å². The van der Waals surface area contributed by atoms with Crippen molar-refractivity contribution in [3.05, 3.63) is 0 Å². The van der Waals surface area contributed by atoms with Gasteiger partial charge in [0.25, 0.3) is 0 Å². The number of hydrogen-bond donors (Lipinski definition) is 1. The van der Waals surface area contributed by atoms with Gasteiger partial charge in [-0.25, -0.2) is 0 Å². The molecule has 5 rings (SSSR count). The van der Waals surface area contributed by atoms with E-state index in [1.807, 2.05) is 4.90 Å². The zero-order valence-corrected chi connectivity index (χ0v) is 13.5. The first kappa shape index (κ1) is 14.0. The van der Waals surface area contributed by atoms with Crippen molar-refractivity contribution in [1.29, 1.82) is 0 Å². The number of carbonyl (C=O) groups is 1. The van der Waals surface area contributed by atoms with E-state index in [0.717, 1.165) is 25.4 Å². The molecule has 0 aromatic heterocycles. The highest BCUT2D eigenvalue weighted by Gasteiger charge is 2.60. The molecule has 4 bridgehead atoms. The summed E-state index contributed by atoms with van der Waals surface area (Å²) in [4.78, 5) is 14.6. The van der Waals surface area contributed by atoms with Crippen molar-refractivity contribution >= 4 is 5.91 Å². The van der Waals surface area contributed by atoms with Crippen LogP contribution in [0.1, 0.15) is 58.8 Å². The van der Waals surface area contributed by atoms with Gasteiger partial charge < -0.3 is 10.0 Å². The van der Waals surface area contributed by atoms with Crippen molar-refractivity contribution in [2.75, 3.05) is 19.7 Å². The van der Waals surface area contributed by atoms with Crippen LogP contribution < -0.4 is 0 Å². The highest BCUT2D eigenvalue weighted by molar-refractivity contribution is 5.78. The molecule has 3 heteroatoms. The van der Waals surface area contributed by atoms with Crippen LogP contribution in [0, 0.1) is 28.1 Å². The quantitative estimate of drug-likeness (QED) is 0.868. The highest BCUT2D eigenvalue weighted by Crippen LogP contribution is 2.70. The first-order chi connectivity index (χ1) is 9.83. The fourth-order valence-electron chi connectivity index (χ4n) is 7.20. The summed E-state index contributed by atoms with van der Waals surface area (Å²) in [7, 11) is 0. The molecule has 0 aromatic rings. The van der Waals surface area contributed by atoms with Gasteiger partial charge in [-0.15, -0.1) is 0 Å². The summed E-state index contributed by atoms with van der Waals surface area (Å²) in [6.45, 7) is 6.74. The van der Waals surface area contributed by atoms with Crippen LogP contribution in [-0.2, 0) is 4.79 Å². The van der Waals surface area contributed by atoms with E-state index in [-0.39, 0.29) is 6.61 Å². The van der Waals surface area contributed by atoms with E-state index in [1.54, 1.807) is 0 Å². The van der Waals surface area contributed by atoms with Crippen LogP contribution in [0.4, 0.5) is 0 Å². The molecule has 1 N–H and O–H groups in total. The molecule has 5 aliphatic rings. The molecule has 5 fully saturated rings. The van der Waals surface area contributed by atoms with Crippen LogP contribution in [0.2, 0.25) is 0 Å². The molecule has 0 radical (unpaired) electrons. The molecule has 1 amide bonds. The number of nitrogens with zero attached hydrogens (tertiary/aromatic N) is 1. The average Bonchev–Trinajstić information content (AvgIpc) is 2.20. The van der Waals surface area contributed by atoms with Crippen LogP contribution >= 0.6 is 0 Å². The fourth-order valence-corrected chi connectivity index (χ4v) is 7.20. The Balaban J connectivity index is 1.49. The zero-order chi connectivity index (χ0) is 14.9. The molecule has 2 unspecified atom stereocenters. The lowest BCUT2D eigenvalue weighted by Gasteiger charge is -2.65. The Morgan fingerprint density at radius 1 is 1.10 bits per heavy atom. The van der Waals surface area contributed by atoms with E-state index < -0.39 is 0 Å². The Bertz CT molecular complexity index is 450. The van der Waals surface area contributed by atoms with Gasteiger partial charge >= 0.3 is 0 Å². The second-order valence-electron chi connectivity index (χ2n) is 9.65. The fraction of sp³-hybridized carbons (Fsp3) is 0.944. The molecular weight excluding hydrogens is 262 g/mol. The van der Waals surface area contributed by atoms with Crippen LogP contribution in [0.15, 0.2) is 0 Å². The average molecular weight is 291 g/mol. The van der Waals surface area contributed by atoms with E-state index in [4.69, 9.17) is 5.11 Å². The van der Waals surface area contributed by atoms with Gasteiger partial charge in [0.2, 0.25) is 5.91 Å². The van der Waals surface area contributed by atoms with Gasteiger partial charge in [0.05, 0.1) is 0 Å². The summed E-state index contributed by atoms with van der Waals surface area (Å²) in [5.74, 6) is 1.56. The molecule has 0 aromatic carbocycles. The maximum absolute atomic E-state index is 12.6. The second-order valence-corrected chi connectivity index (χ2v) is 9.65. The molecular formula is C18H29NO2. The summed E-state index contributed by atoms with van der Waals surface area (Å²) in [5.41, 5.74) is 1.29. The second kappa shape index (κ2) is 4.24. The van der Waals surface area contributed by atoms with Crippen LogP contribution in [0.3, 0.4) is 0 Å².